The van der Waals surface area contributed by atoms with Crippen LogP contribution in [0.5, 0.6) is 0 Å². The molecule has 1 aromatic carbocycles. The van der Waals surface area contributed by atoms with E-state index >= 15 is 0 Å². The van der Waals surface area contributed by atoms with Gasteiger partial charge in [0.15, 0.2) is 5.01 Å². The van der Waals surface area contributed by atoms with Crippen molar-refractivity contribution in [1.29, 1.82) is 0 Å². The molecule has 0 spiro atoms. The van der Waals surface area contributed by atoms with Gasteiger partial charge in [-0.1, -0.05) is 18.2 Å². The Balaban J connectivity index is 2.34. The van der Waals surface area contributed by atoms with Crippen LogP contribution < -0.4 is 5.32 Å². The summed E-state index contributed by atoms with van der Waals surface area (Å²) < 4.78 is 37.6. The molecule has 0 aliphatic heterocycles. The molecule has 0 fully saturated rings. The van der Waals surface area contributed by atoms with Gasteiger partial charge in [-0.25, -0.2) is 4.98 Å². The van der Waals surface area contributed by atoms with Crippen molar-refractivity contribution >= 4 is 11.3 Å². The first-order valence-electron chi connectivity index (χ1n) is 5.69. The number of rotatable bonds is 3. The summed E-state index contributed by atoms with van der Waals surface area (Å²) in [6.07, 6.45) is -3.09. The first-order valence-corrected chi connectivity index (χ1v) is 6.51. The zero-order valence-electron chi connectivity index (χ0n) is 10.5. The van der Waals surface area contributed by atoms with E-state index in [9.17, 15) is 13.2 Å². The smallest absolute Gasteiger partial charge is 0.316 e. The average molecular weight is 286 g/mol. The molecular weight excluding hydrogens is 273 g/mol. The molecule has 2 rings (SSSR count). The Morgan fingerprint density at radius 2 is 2.05 bits per heavy atom. The molecule has 2 aromatic rings. The van der Waals surface area contributed by atoms with Crippen molar-refractivity contribution in [3.8, 4) is 10.4 Å². The van der Waals surface area contributed by atoms with Gasteiger partial charge in [-0.3, -0.25) is 0 Å². The van der Waals surface area contributed by atoms with Gasteiger partial charge in [0.2, 0.25) is 0 Å². The third-order valence-electron chi connectivity index (χ3n) is 2.69. The molecule has 0 atom stereocenters. The van der Waals surface area contributed by atoms with Crippen molar-refractivity contribution in [2.24, 2.45) is 0 Å². The van der Waals surface area contributed by atoms with E-state index in [0.29, 0.717) is 16.2 Å². The van der Waals surface area contributed by atoms with Gasteiger partial charge in [-0.15, -0.1) is 11.3 Å². The largest absolute Gasteiger partial charge is 0.443 e. The number of hydrogen-bond donors (Lipinski definition) is 1. The highest BCUT2D eigenvalue weighted by molar-refractivity contribution is 7.15. The monoisotopic (exact) mass is 286 g/mol. The summed E-state index contributed by atoms with van der Waals surface area (Å²) in [5.74, 6) is 0. The number of nitrogens with zero attached hydrogens (tertiary/aromatic N) is 1. The molecular formula is C13H13F3N2S. The van der Waals surface area contributed by atoms with E-state index in [4.69, 9.17) is 0 Å². The molecule has 6 heteroatoms. The Morgan fingerprint density at radius 3 is 2.58 bits per heavy atom. The van der Waals surface area contributed by atoms with E-state index in [-0.39, 0.29) is 0 Å². The maximum absolute atomic E-state index is 12.5. The van der Waals surface area contributed by atoms with Crippen LogP contribution in [0, 0.1) is 6.92 Å². The lowest BCUT2D eigenvalue weighted by molar-refractivity contribution is -0.137. The number of halogens is 3. The molecule has 102 valence electrons. The summed E-state index contributed by atoms with van der Waals surface area (Å²) in [4.78, 5) is 3.99. The molecule has 0 saturated carbocycles. The third-order valence-corrected chi connectivity index (χ3v) is 3.76. The van der Waals surface area contributed by atoms with Gasteiger partial charge >= 0.3 is 6.18 Å². The van der Waals surface area contributed by atoms with Crippen molar-refractivity contribution in [3.05, 3.63) is 40.5 Å². The summed E-state index contributed by atoms with van der Waals surface area (Å²) >= 11 is 0.675. The fourth-order valence-electron chi connectivity index (χ4n) is 1.85. The van der Waals surface area contributed by atoms with Crippen LogP contribution in [0.1, 0.15) is 16.1 Å². The van der Waals surface area contributed by atoms with Crippen molar-refractivity contribution in [2.45, 2.75) is 19.6 Å². The van der Waals surface area contributed by atoms with Gasteiger partial charge in [0.25, 0.3) is 0 Å². The Morgan fingerprint density at radius 1 is 1.32 bits per heavy atom. The van der Waals surface area contributed by atoms with Gasteiger partial charge in [0, 0.05) is 12.7 Å². The number of benzene rings is 1. The standard InChI is InChI=1S/C13H13F3N2S/c1-8-5-9(6-17-2)3-4-10(8)11-7-18-12(19-11)13(14,15)16/h3-5,7,17H,6H2,1-2H3. The molecule has 0 aliphatic rings. The number of aryl methyl sites for hydroxylation is 1. The van der Waals surface area contributed by atoms with Crippen LogP contribution in [0.2, 0.25) is 0 Å². The molecule has 1 heterocycles. The Labute approximate surface area is 113 Å². The zero-order valence-corrected chi connectivity index (χ0v) is 11.3. The number of thiazole rings is 1. The fraction of sp³-hybridized carbons (Fsp3) is 0.308. The minimum Gasteiger partial charge on any atom is -0.316 e. The van der Waals surface area contributed by atoms with Gasteiger partial charge in [-0.2, -0.15) is 13.2 Å². The highest BCUT2D eigenvalue weighted by Crippen LogP contribution is 2.37. The average Bonchev–Trinajstić information content (AvgIpc) is 2.78. The summed E-state index contributed by atoms with van der Waals surface area (Å²) in [6.45, 7) is 2.62. The molecule has 2 nitrogen and oxygen atoms in total. The van der Waals surface area contributed by atoms with E-state index in [1.807, 2.05) is 32.2 Å². The van der Waals surface area contributed by atoms with Crippen LogP contribution in [-0.2, 0) is 12.7 Å². The number of nitrogens with one attached hydrogen (secondary N) is 1. The second-order valence-electron chi connectivity index (χ2n) is 4.21. The first-order chi connectivity index (χ1) is 8.91. The van der Waals surface area contributed by atoms with Crippen LogP contribution in [0.25, 0.3) is 10.4 Å². The molecule has 0 bridgehead atoms. The van der Waals surface area contributed by atoms with Gasteiger partial charge < -0.3 is 5.32 Å². The summed E-state index contributed by atoms with van der Waals surface area (Å²) in [5, 5.41) is 2.23. The molecule has 0 amide bonds. The third kappa shape index (κ3) is 3.13. The minimum absolute atomic E-state index is 0.542. The van der Waals surface area contributed by atoms with E-state index < -0.39 is 11.2 Å². The lowest BCUT2D eigenvalue weighted by Crippen LogP contribution is -2.05. The molecule has 19 heavy (non-hydrogen) atoms. The van der Waals surface area contributed by atoms with E-state index in [2.05, 4.69) is 10.3 Å². The lowest BCUT2D eigenvalue weighted by atomic mass is 10.0. The lowest BCUT2D eigenvalue weighted by Gasteiger charge is -2.06. The summed E-state index contributed by atoms with van der Waals surface area (Å²) in [6, 6.07) is 5.72. The summed E-state index contributed by atoms with van der Waals surface area (Å²) in [5.41, 5.74) is 2.85. The van der Waals surface area contributed by atoms with E-state index in [0.717, 1.165) is 23.2 Å². The SMILES string of the molecule is CNCc1ccc(-c2cnc(C(F)(F)F)s2)c(C)c1. The Bertz CT molecular complexity index is 576. The predicted octanol–water partition coefficient (Wildman–Crippen LogP) is 3.86. The molecule has 1 N–H and O–H groups in total. The zero-order chi connectivity index (χ0) is 14.0. The summed E-state index contributed by atoms with van der Waals surface area (Å²) in [7, 11) is 1.85. The number of alkyl halides is 3. The second kappa shape index (κ2) is 5.30. The molecule has 1 aromatic heterocycles. The van der Waals surface area contributed by atoms with Crippen molar-refractivity contribution in [2.75, 3.05) is 7.05 Å². The first kappa shape index (κ1) is 14.0. The minimum atomic E-state index is -4.37. The second-order valence-corrected chi connectivity index (χ2v) is 5.24. The normalized spacial score (nSPS) is 11.8. The Hall–Kier alpha value is -1.40. The van der Waals surface area contributed by atoms with Crippen LogP contribution in [-0.4, -0.2) is 12.0 Å². The van der Waals surface area contributed by atoms with Crippen LogP contribution in [0.3, 0.4) is 0 Å². The maximum Gasteiger partial charge on any atom is 0.443 e. The maximum atomic E-state index is 12.5. The highest BCUT2D eigenvalue weighted by atomic mass is 32.1. The molecule has 0 radical (unpaired) electrons. The quantitative estimate of drug-likeness (QED) is 0.927. The van der Waals surface area contributed by atoms with Gasteiger partial charge in [0.1, 0.15) is 0 Å². The van der Waals surface area contributed by atoms with Gasteiger partial charge in [-0.05, 0) is 30.7 Å². The molecule has 0 unspecified atom stereocenters. The van der Waals surface area contributed by atoms with Crippen molar-refractivity contribution in [1.82, 2.24) is 10.3 Å². The highest BCUT2D eigenvalue weighted by Gasteiger charge is 2.34. The van der Waals surface area contributed by atoms with Crippen molar-refractivity contribution < 1.29 is 13.2 Å². The predicted molar refractivity (Wildman–Crippen MR) is 70.1 cm³/mol. The fourth-order valence-corrected chi connectivity index (χ4v) is 2.72. The van der Waals surface area contributed by atoms with E-state index in [1.54, 1.807) is 0 Å². The molecule has 0 saturated heterocycles. The topological polar surface area (TPSA) is 24.9 Å². The van der Waals surface area contributed by atoms with Crippen LogP contribution in [0.15, 0.2) is 24.4 Å². The van der Waals surface area contributed by atoms with E-state index in [1.165, 1.54) is 6.20 Å². The number of hydrogen-bond acceptors (Lipinski definition) is 3. The van der Waals surface area contributed by atoms with Crippen LogP contribution in [0.4, 0.5) is 13.2 Å². The van der Waals surface area contributed by atoms with Crippen molar-refractivity contribution in [3.63, 3.8) is 0 Å². The molecule has 0 aliphatic carbocycles. The Kier molecular flexibility index (Phi) is 3.91. The van der Waals surface area contributed by atoms with Crippen LogP contribution >= 0.6 is 11.3 Å². The van der Waals surface area contributed by atoms with Gasteiger partial charge in [0.05, 0.1) is 4.88 Å². The number of aromatic nitrogens is 1.